The second-order valence-electron chi connectivity index (χ2n) is 3.46. The van der Waals surface area contributed by atoms with Gasteiger partial charge in [0.2, 0.25) is 10.0 Å². The Balaban J connectivity index is 2.89. The summed E-state index contributed by atoms with van der Waals surface area (Å²) in [6.45, 7) is 2.96. The molecule has 0 radical (unpaired) electrons. The van der Waals surface area contributed by atoms with Crippen molar-refractivity contribution in [2.45, 2.75) is 18.2 Å². The van der Waals surface area contributed by atoms with Crippen LogP contribution in [0.5, 0.6) is 0 Å². The number of likely N-dealkylation sites (N-methyl/N-ethyl adjacent to an activating group) is 1. The summed E-state index contributed by atoms with van der Waals surface area (Å²) in [6, 6.07) is 7.07. The predicted octanol–water partition coefficient (Wildman–Crippen LogP) is 0.747. The molecule has 0 fully saturated rings. The van der Waals surface area contributed by atoms with Crippen LogP contribution in [0.3, 0.4) is 0 Å². The number of rotatable bonds is 6. The average Bonchev–Trinajstić information content (AvgIpc) is 2.29. The molecule has 0 unspecified atom stereocenters. The van der Waals surface area contributed by atoms with Gasteiger partial charge in [-0.15, -0.1) is 0 Å². The minimum absolute atomic E-state index is 0.383. The molecular formula is C11H18N2O2S. The van der Waals surface area contributed by atoms with Gasteiger partial charge in [0, 0.05) is 13.1 Å². The van der Waals surface area contributed by atoms with Gasteiger partial charge in [-0.25, -0.2) is 13.1 Å². The highest BCUT2D eigenvalue weighted by atomic mass is 32.2. The Labute approximate surface area is 97.1 Å². The standard InChI is InChI=1S/C11H18N2O2S/c1-3-10-6-4-5-7-11(10)16(14,15)13-9-8-12-2/h4-7,12-13H,3,8-9H2,1-2H3. The van der Waals surface area contributed by atoms with Gasteiger partial charge in [0.1, 0.15) is 0 Å². The van der Waals surface area contributed by atoms with Crippen LogP contribution >= 0.6 is 0 Å². The molecular weight excluding hydrogens is 224 g/mol. The van der Waals surface area contributed by atoms with E-state index in [9.17, 15) is 8.42 Å². The predicted molar refractivity (Wildman–Crippen MR) is 64.9 cm³/mol. The highest BCUT2D eigenvalue weighted by Gasteiger charge is 2.15. The van der Waals surface area contributed by atoms with Crippen LogP contribution in [-0.4, -0.2) is 28.6 Å². The summed E-state index contributed by atoms with van der Waals surface area (Å²) in [4.78, 5) is 0.383. The Bertz CT molecular complexity index is 429. The third-order valence-electron chi connectivity index (χ3n) is 2.31. The molecule has 0 aliphatic carbocycles. The first-order chi connectivity index (χ1) is 7.61. The van der Waals surface area contributed by atoms with Crippen molar-refractivity contribution in [2.24, 2.45) is 0 Å². The summed E-state index contributed by atoms with van der Waals surface area (Å²) in [5.74, 6) is 0. The van der Waals surface area contributed by atoms with Crippen molar-refractivity contribution in [1.29, 1.82) is 0 Å². The highest BCUT2D eigenvalue weighted by molar-refractivity contribution is 7.89. The molecule has 0 atom stereocenters. The van der Waals surface area contributed by atoms with E-state index in [2.05, 4.69) is 10.0 Å². The molecule has 1 rings (SSSR count). The van der Waals surface area contributed by atoms with Gasteiger partial charge < -0.3 is 5.32 Å². The van der Waals surface area contributed by atoms with E-state index in [-0.39, 0.29) is 0 Å². The number of benzene rings is 1. The van der Waals surface area contributed by atoms with Crippen LogP contribution in [0.15, 0.2) is 29.2 Å². The Morgan fingerprint density at radius 3 is 2.50 bits per heavy atom. The van der Waals surface area contributed by atoms with Gasteiger partial charge in [0.15, 0.2) is 0 Å². The molecule has 4 nitrogen and oxygen atoms in total. The number of hydrogen-bond acceptors (Lipinski definition) is 3. The van der Waals surface area contributed by atoms with Crippen LogP contribution in [0, 0.1) is 0 Å². The van der Waals surface area contributed by atoms with Gasteiger partial charge in [0.05, 0.1) is 4.90 Å². The molecule has 1 aromatic rings. The zero-order chi connectivity index (χ0) is 12.0. The van der Waals surface area contributed by atoms with E-state index in [0.29, 0.717) is 24.4 Å². The third-order valence-corrected chi connectivity index (χ3v) is 3.87. The number of hydrogen-bond donors (Lipinski definition) is 2. The zero-order valence-electron chi connectivity index (χ0n) is 9.66. The highest BCUT2D eigenvalue weighted by Crippen LogP contribution is 2.15. The fourth-order valence-electron chi connectivity index (χ4n) is 1.45. The Morgan fingerprint density at radius 2 is 1.88 bits per heavy atom. The summed E-state index contributed by atoms with van der Waals surface area (Å²) in [7, 11) is -1.58. The maximum Gasteiger partial charge on any atom is 0.240 e. The maximum atomic E-state index is 11.9. The summed E-state index contributed by atoms with van der Waals surface area (Å²) < 4.78 is 26.5. The van der Waals surface area contributed by atoms with Crippen molar-refractivity contribution in [1.82, 2.24) is 10.0 Å². The fourth-order valence-corrected chi connectivity index (χ4v) is 2.79. The van der Waals surface area contributed by atoms with Crippen molar-refractivity contribution in [2.75, 3.05) is 20.1 Å². The normalized spacial score (nSPS) is 11.6. The molecule has 2 N–H and O–H groups in total. The van der Waals surface area contributed by atoms with Crippen LogP contribution in [0.1, 0.15) is 12.5 Å². The lowest BCUT2D eigenvalue weighted by Gasteiger charge is -2.09. The van der Waals surface area contributed by atoms with Crippen LogP contribution in [-0.2, 0) is 16.4 Å². The lowest BCUT2D eigenvalue weighted by molar-refractivity contribution is 0.578. The molecule has 5 heteroatoms. The second-order valence-corrected chi connectivity index (χ2v) is 5.20. The third kappa shape index (κ3) is 3.30. The van der Waals surface area contributed by atoms with Crippen LogP contribution < -0.4 is 10.0 Å². The molecule has 1 aromatic carbocycles. The summed E-state index contributed by atoms with van der Waals surface area (Å²) in [6.07, 6.45) is 0.711. The first-order valence-electron chi connectivity index (χ1n) is 5.34. The maximum absolute atomic E-state index is 11.9. The molecule has 90 valence electrons. The quantitative estimate of drug-likeness (QED) is 0.724. The van der Waals surface area contributed by atoms with E-state index in [0.717, 1.165) is 5.56 Å². The van der Waals surface area contributed by atoms with Crippen LogP contribution in [0.4, 0.5) is 0 Å². The summed E-state index contributed by atoms with van der Waals surface area (Å²) in [5, 5.41) is 2.89. The monoisotopic (exact) mass is 242 g/mol. The Morgan fingerprint density at radius 1 is 1.19 bits per heavy atom. The first kappa shape index (κ1) is 13.2. The van der Waals surface area contributed by atoms with E-state index in [1.54, 1.807) is 19.2 Å². The SMILES string of the molecule is CCc1ccccc1S(=O)(=O)NCCNC. The molecule has 0 aromatic heterocycles. The van der Waals surface area contributed by atoms with E-state index in [1.165, 1.54) is 0 Å². The molecule has 0 amide bonds. The summed E-state index contributed by atoms with van der Waals surface area (Å²) >= 11 is 0. The van der Waals surface area contributed by atoms with Crippen LogP contribution in [0.2, 0.25) is 0 Å². The lowest BCUT2D eigenvalue weighted by Crippen LogP contribution is -2.31. The van der Waals surface area contributed by atoms with Crippen molar-refractivity contribution >= 4 is 10.0 Å². The minimum Gasteiger partial charge on any atom is -0.318 e. The van der Waals surface area contributed by atoms with Gasteiger partial charge in [-0.1, -0.05) is 25.1 Å². The Hall–Kier alpha value is -0.910. The second kappa shape index (κ2) is 5.98. The average molecular weight is 242 g/mol. The summed E-state index contributed by atoms with van der Waals surface area (Å²) in [5.41, 5.74) is 0.847. The Kier molecular flexibility index (Phi) is 4.92. The molecule has 0 saturated carbocycles. The van der Waals surface area contributed by atoms with Crippen molar-refractivity contribution < 1.29 is 8.42 Å². The van der Waals surface area contributed by atoms with Gasteiger partial charge in [-0.2, -0.15) is 0 Å². The van der Waals surface area contributed by atoms with Crippen molar-refractivity contribution in [3.8, 4) is 0 Å². The van der Waals surface area contributed by atoms with E-state index >= 15 is 0 Å². The lowest BCUT2D eigenvalue weighted by atomic mass is 10.2. The number of sulfonamides is 1. The molecule has 0 aliphatic heterocycles. The van der Waals surface area contributed by atoms with E-state index in [4.69, 9.17) is 0 Å². The topological polar surface area (TPSA) is 58.2 Å². The van der Waals surface area contributed by atoms with Crippen LogP contribution in [0.25, 0.3) is 0 Å². The number of nitrogens with one attached hydrogen (secondary N) is 2. The van der Waals surface area contributed by atoms with Crippen molar-refractivity contribution in [3.05, 3.63) is 29.8 Å². The first-order valence-corrected chi connectivity index (χ1v) is 6.82. The van der Waals surface area contributed by atoms with Gasteiger partial charge in [-0.05, 0) is 25.1 Å². The van der Waals surface area contributed by atoms with E-state index in [1.807, 2.05) is 19.1 Å². The molecule has 0 bridgehead atoms. The number of aryl methyl sites for hydroxylation is 1. The van der Waals surface area contributed by atoms with Gasteiger partial charge >= 0.3 is 0 Å². The molecule has 0 spiro atoms. The van der Waals surface area contributed by atoms with Crippen molar-refractivity contribution in [3.63, 3.8) is 0 Å². The minimum atomic E-state index is -3.37. The largest absolute Gasteiger partial charge is 0.318 e. The van der Waals surface area contributed by atoms with Gasteiger partial charge in [0.25, 0.3) is 0 Å². The fraction of sp³-hybridized carbons (Fsp3) is 0.455. The molecule has 0 saturated heterocycles. The van der Waals surface area contributed by atoms with E-state index < -0.39 is 10.0 Å². The molecule has 0 aliphatic rings. The molecule has 0 heterocycles. The zero-order valence-corrected chi connectivity index (χ0v) is 10.5. The van der Waals surface area contributed by atoms with Gasteiger partial charge in [-0.3, -0.25) is 0 Å². The smallest absolute Gasteiger partial charge is 0.240 e. The molecule has 16 heavy (non-hydrogen) atoms.